The van der Waals surface area contributed by atoms with Crippen molar-refractivity contribution in [3.63, 3.8) is 0 Å². The molecule has 4 heteroatoms. The summed E-state index contributed by atoms with van der Waals surface area (Å²) in [6.45, 7) is 0. The van der Waals surface area contributed by atoms with E-state index < -0.39 is 12.2 Å². The van der Waals surface area contributed by atoms with E-state index >= 15 is 0 Å². The molecule has 0 bridgehead atoms. The summed E-state index contributed by atoms with van der Waals surface area (Å²) in [5.41, 5.74) is 2.66. The molecule has 2 aromatic rings. The molecule has 3 N–H and O–H groups in total. The van der Waals surface area contributed by atoms with E-state index in [1.54, 1.807) is 0 Å². The monoisotopic (exact) mass is 289 g/mol. The van der Waals surface area contributed by atoms with Gasteiger partial charge in [-0.3, -0.25) is 0 Å². The van der Waals surface area contributed by atoms with Gasteiger partial charge in [0.15, 0.2) is 0 Å². The van der Waals surface area contributed by atoms with E-state index in [9.17, 15) is 10.2 Å². The average molecular weight is 289 g/mol. The lowest BCUT2D eigenvalue weighted by molar-refractivity contribution is 0.0172. The van der Waals surface area contributed by atoms with Gasteiger partial charge in [0.1, 0.15) is 6.10 Å². The molecule has 0 saturated carbocycles. The normalized spacial score (nSPS) is 13.8. The lowest BCUT2D eigenvalue weighted by atomic mass is 10.0. The second-order valence-corrected chi connectivity index (χ2v) is 5.08. The van der Waals surface area contributed by atoms with E-state index in [0.29, 0.717) is 17.7 Å². The number of thiol groups is 1. The quantitative estimate of drug-likeness (QED) is 0.618. The van der Waals surface area contributed by atoms with Crippen molar-refractivity contribution in [3.8, 4) is 0 Å². The molecule has 2 rings (SSSR count). The molecule has 0 spiro atoms. The van der Waals surface area contributed by atoms with Gasteiger partial charge in [-0.25, -0.2) is 0 Å². The van der Waals surface area contributed by atoms with Crippen LogP contribution in [0.25, 0.3) is 0 Å². The Bertz CT molecular complexity index is 516. The van der Waals surface area contributed by atoms with Crippen molar-refractivity contribution in [2.24, 2.45) is 0 Å². The first kappa shape index (κ1) is 14.9. The third-order valence-corrected chi connectivity index (χ3v) is 3.36. The standard InChI is InChI=1S/C16H19NO2S/c18-15(10-11-20)16(19)12-6-8-14(9-7-12)17-13-4-2-1-3-5-13/h1-9,15-20H,10-11H2. The van der Waals surface area contributed by atoms with E-state index in [2.05, 4.69) is 17.9 Å². The zero-order valence-electron chi connectivity index (χ0n) is 11.1. The molecule has 0 aliphatic carbocycles. The molecule has 3 nitrogen and oxygen atoms in total. The summed E-state index contributed by atoms with van der Waals surface area (Å²) in [4.78, 5) is 0. The molecule has 0 aliphatic heterocycles. The van der Waals surface area contributed by atoms with Gasteiger partial charge in [-0.2, -0.15) is 12.6 Å². The average Bonchev–Trinajstić information content (AvgIpc) is 2.48. The minimum atomic E-state index is -0.868. The Balaban J connectivity index is 2.03. The summed E-state index contributed by atoms with van der Waals surface area (Å²) >= 11 is 4.06. The van der Waals surface area contributed by atoms with Crippen molar-refractivity contribution < 1.29 is 10.2 Å². The van der Waals surface area contributed by atoms with Crippen LogP contribution in [0.3, 0.4) is 0 Å². The molecule has 0 aliphatic rings. The maximum absolute atomic E-state index is 10.00. The number of anilines is 2. The largest absolute Gasteiger partial charge is 0.390 e. The molecule has 0 heterocycles. The Morgan fingerprint density at radius 3 is 2.10 bits per heavy atom. The number of para-hydroxylation sites is 1. The minimum Gasteiger partial charge on any atom is -0.390 e. The van der Waals surface area contributed by atoms with Crippen LogP contribution in [0.2, 0.25) is 0 Å². The van der Waals surface area contributed by atoms with Crippen molar-refractivity contribution in [2.45, 2.75) is 18.6 Å². The number of aliphatic hydroxyl groups is 2. The van der Waals surface area contributed by atoms with Crippen molar-refractivity contribution in [1.82, 2.24) is 0 Å². The van der Waals surface area contributed by atoms with Gasteiger partial charge in [-0.1, -0.05) is 30.3 Å². The first-order chi connectivity index (χ1) is 9.70. The van der Waals surface area contributed by atoms with Crippen LogP contribution in [0.15, 0.2) is 54.6 Å². The summed E-state index contributed by atoms with van der Waals surface area (Å²) in [6.07, 6.45) is -1.18. The maximum atomic E-state index is 10.00. The van der Waals surface area contributed by atoms with Crippen LogP contribution < -0.4 is 5.32 Å². The smallest absolute Gasteiger partial charge is 0.105 e. The topological polar surface area (TPSA) is 52.5 Å². The Hall–Kier alpha value is -1.49. The number of hydrogen-bond donors (Lipinski definition) is 4. The van der Waals surface area contributed by atoms with E-state index in [1.165, 1.54) is 0 Å². The Kier molecular flexibility index (Phi) is 5.47. The maximum Gasteiger partial charge on any atom is 0.105 e. The highest BCUT2D eigenvalue weighted by Gasteiger charge is 2.17. The van der Waals surface area contributed by atoms with Gasteiger partial charge in [0.05, 0.1) is 6.10 Å². The summed E-state index contributed by atoms with van der Waals surface area (Å²) in [6, 6.07) is 17.3. The van der Waals surface area contributed by atoms with Gasteiger partial charge >= 0.3 is 0 Å². The molecule has 0 amide bonds. The van der Waals surface area contributed by atoms with Crippen molar-refractivity contribution in [1.29, 1.82) is 0 Å². The Morgan fingerprint density at radius 1 is 0.900 bits per heavy atom. The molecule has 106 valence electrons. The summed E-state index contributed by atoms with van der Waals surface area (Å²) < 4.78 is 0. The fourth-order valence-electron chi connectivity index (χ4n) is 1.96. The molecular formula is C16H19NO2S. The van der Waals surface area contributed by atoms with Crippen LogP contribution in [0.5, 0.6) is 0 Å². The Labute approximate surface area is 124 Å². The van der Waals surface area contributed by atoms with Crippen LogP contribution in [-0.2, 0) is 0 Å². The van der Waals surface area contributed by atoms with Crippen LogP contribution in [0.1, 0.15) is 18.1 Å². The van der Waals surface area contributed by atoms with Gasteiger partial charge in [-0.05, 0) is 42.0 Å². The molecule has 2 unspecified atom stereocenters. The van der Waals surface area contributed by atoms with Crippen molar-refractivity contribution >= 4 is 24.0 Å². The molecule has 2 aromatic carbocycles. The molecule has 0 saturated heterocycles. The molecule has 20 heavy (non-hydrogen) atoms. The third-order valence-electron chi connectivity index (χ3n) is 3.10. The number of hydrogen-bond acceptors (Lipinski definition) is 4. The fourth-order valence-corrected chi connectivity index (χ4v) is 2.23. The first-order valence-corrected chi connectivity index (χ1v) is 7.23. The number of aliphatic hydroxyl groups excluding tert-OH is 2. The lowest BCUT2D eigenvalue weighted by Crippen LogP contribution is -2.18. The van der Waals surface area contributed by atoms with E-state index in [1.807, 2.05) is 54.6 Å². The third kappa shape index (κ3) is 4.00. The lowest BCUT2D eigenvalue weighted by Gasteiger charge is -2.17. The van der Waals surface area contributed by atoms with E-state index in [0.717, 1.165) is 11.4 Å². The van der Waals surface area contributed by atoms with Crippen molar-refractivity contribution in [3.05, 3.63) is 60.2 Å². The van der Waals surface area contributed by atoms with Gasteiger partial charge in [0.2, 0.25) is 0 Å². The first-order valence-electron chi connectivity index (χ1n) is 6.59. The summed E-state index contributed by atoms with van der Waals surface area (Å²) in [7, 11) is 0. The highest BCUT2D eigenvalue weighted by Crippen LogP contribution is 2.22. The minimum absolute atomic E-state index is 0.467. The zero-order chi connectivity index (χ0) is 14.4. The number of nitrogens with one attached hydrogen (secondary N) is 1. The highest BCUT2D eigenvalue weighted by molar-refractivity contribution is 7.80. The van der Waals surface area contributed by atoms with Gasteiger partial charge < -0.3 is 15.5 Å². The van der Waals surface area contributed by atoms with E-state index in [4.69, 9.17) is 0 Å². The van der Waals surface area contributed by atoms with E-state index in [-0.39, 0.29) is 0 Å². The molecule has 0 aromatic heterocycles. The summed E-state index contributed by atoms with van der Waals surface area (Å²) in [5, 5.41) is 23.0. The van der Waals surface area contributed by atoms with Crippen LogP contribution in [0, 0.1) is 0 Å². The fraction of sp³-hybridized carbons (Fsp3) is 0.250. The molecule has 2 atom stereocenters. The van der Waals surface area contributed by atoms with Gasteiger partial charge in [0.25, 0.3) is 0 Å². The molecular weight excluding hydrogens is 270 g/mol. The highest BCUT2D eigenvalue weighted by atomic mass is 32.1. The molecule has 0 fully saturated rings. The summed E-state index contributed by atoms with van der Waals surface area (Å²) in [5.74, 6) is 0.547. The van der Waals surface area contributed by atoms with Crippen molar-refractivity contribution in [2.75, 3.05) is 11.1 Å². The second kappa shape index (κ2) is 7.33. The SMILES string of the molecule is OC(CCS)C(O)c1ccc(Nc2ccccc2)cc1. The predicted octanol–water partition coefficient (Wildman–Crippen LogP) is 3.14. The van der Waals surface area contributed by atoms with Crippen LogP contribution in [-0.4, -0.2) is 22.1 Å². The predicted molar refractivity (Wildman–Crippen MR) is 85.6 cm³/mol. The van der Waals surface area contributed by atoms with Crippen LogP contribution >= 0.6 is 12.6 Å². The Morgan fingerprint density at radius 2 is 1.50 bits per heavy atom. The van der Waals surface area contributed by atoms with Gasteiger partial charge in [0, 0.05) is 11.4 Å². The van der Waals surface area contributed by atoms with Gasteiger partial charge in [-0.15, -0.1) is 0 Å². The molecule has 0 radical (unpaired) electrons. The zero-order valence-corrected chi connectivity index (χ0v) is 12.0. The number of rotatable bonds is 6. The number of benzene rings is 2. The second-order valence-electron chi connectivity index (χ2n) is 4.64. The van der Waals surface area contributed by atoms with Crippen LogP contribution in [0.4, 0.5) is 11.4 Å².